The molecule has 0 aromatic rings. The van der Waals surface area contributed by atoms with E-state index in [0.29, 0.717) is 18.4 Å². The Hall–Kier alpha value is -0.130. The number of halogens is 1. The maximum Gasteiger partial charge on any atom is 0.240 e. The van der Waals surface area contributed by atoms with Crippen LogP contribution in [0.3, 0.4) is 0 Å². The predicted octanol–water partition coefficient (Wildman–Crippen LogP) is -0.718. The number of hydrogen-bond donors (Lipinski definition) is 5. The summed E-state index contributed by atoms with van der Waals surface area (Å²) in [6, 6.07) is -1.22. The summed E-state index contributed by atoms with van der Waals surface area (Å²) in [5.41, 5.74) is -0.723. The van der Waals surface area contributed by atoms with E-state index in [2.05, 4.69) is 10.6 Å². The Labute approximate surface area is 180 Å². The van der Waals surface area contributed by atoms with Crippen molar-refractivity contribution in [2.45, 2.75) is 73.2 Å². The zero-order valence-electron chi connectivity index (χ0n) is 16.6. The summed E-state index contributed by atoms with van der Waals surface area (Å²) in [6.45, 7) is 3.15. The highest BCUT2D eigenvalue weighted by atomic mass is 35.5. The van der Waals surface area contributed by atoms with Gasteiger partial charge in [-0.3, -0.25) is 4.79 Å². The zero-order chi connectivity index (χ0) is 20.9. The Morgan fingerprint density at radius 1 is 1.17 bits per heavy atom. The monoisotopic (exact) mass is 450 g/mol. The molecule has 166 valence electrons. The summed E-state index contributed by atoms with van der Waals surface area (Å²) in [4.78, 5) is 13.1. The third-order valence-corrected chi connectivity index (χ3v) is 7.98. The quantitative estimate of drug-likeness (QED) is 0.348. The van der Waals surface area contributed by atoms with Gasteiger partial charge in [-0.1, -0.05) is 0 Å². The number of hydrogen-bond acceptors (Lipinski definition) is 8. The molecular formula is C19H31ClN2O6S. The van der Waals surface area contributed by atoms with Gasteiger partial charge in [0.2, 0.25) is 5.91 Å². The van der Waals surface area contributed by atoms with Gasteiger partial charge in [0, 0.05) is 6.54 Å². The van der Waals surface area contributed by atoms with Crippen LogP contribution in [0.5, 0.6) is 0 Å². The summed E-state index contributed by atoms with van der Waals surface area (Å²) >= 11 is 7.57. The number of rotatable bonds is 5. The molecule has 4 aliphatic rings. The summed E-state index contributed by atoms with van der Waals surface area (Å²) in [7, 11) is 0. The van der Waals surface area contributed by atoms with Crippen molar-refractivity contribution < 1.29 is 29.6 Å². The number of carbonyl (C=O) groups excluding carboxylic acids is 1. The largest absolute Gasteiger partial charge is 0.388 e. The molecule has 0 radical (unpaired) electrons. The summed E-state index contributed by atoms with van der Waals surface area (Å²) in [5.74, 6) is 1.45. The molecule has 5 N–H and O–H groups in total. The van der Waals surface area contributed by atoms with Crippen molar-refractivity contribution in [2.24, 2.45) is 17.8 Å². The van der Waals surface area contributed by atoms with E-state index in [9.17, 15) is 20.1 Å². The van der Waals surface area contributed by atoms with Gasteiger partial charge in [-0.15, -0.1) is 23.4 Å². The first-order valence-corrected chi connectivity index (χ1v) is 12.1. The number of aliphatic hydroxyl groups excluding tert-OH is 3. The van der Waals surface area contributed by atoms with Crippen molar-refractivity contribution in [1.82, 2.24) is 10.6 Å². The fourth-order valence-electron chi connectivity index (χ4n) is 4.98. The molecule has 0 aromatic heterocycles. The third kappa shape index (κ3) is 4.30. The maximum absolute atomic E-state index is 13.1. The summed E-state index contributed by atoms with van der Waals surface area (Å²) in [5, 5.41) is 36.4. The Kier molecular flexibility index (Phi) is 6.69. The first-order valence-electron chi connectivity index (χ1n) is 10.3. The van der Waals surface area contributed by atoms with E-state index in [0.717, 1.165) is 18.9 Å². The smallest absolute Gasteiger partial charge is 0.240 e. The van der Waals surface area contributed by atoms with E-state index in [1.807, 2.05) is 0 Å². The van der Waals surface area contributed by atoms with Gasteiger partial charge in [0.25, 0.3) is 0 Å². The Morgan fingerprint density at radius 3 is 2.59 bits per heavy atom. The molecule has 4 fully saturated rings. The lowest BCUT2D eigenvalue weighted by atomic mass is 9.92. The highest BCUT2D eigenvalue weighted by molar-refractivity contribution is 7.99. The topological polar surface area (TPSA) is 120 Å². The number of carbonyl (C=O) groups is 1. The molecule has 0 spiro atoms. The molecule has 4 rings (SSSR count). The van der Waals surface area contributed by atoms with Gasteiger partial charge in [0.1, 0.15) is 35.9 Å². The number of alkyl halides is 1. The van der Waals surface area contributed by atoms with Gasteiger partial charge in [-0.05, 0) is 43.8 Å². The third-order valence-electron chi connectivity index (χ3n) is 6.85. The molecule has 3 heterocycles. The van der Waals surface area contributed by atoms with Gasteiger partial charge in [0.05, 0.1) is 24.1 Å². The minimum Gasteiger partial charge on any atom is -0.388 e. The maximum atomic E-state index is 13.1. The molecule has 8 nitrogen and oxygen atoms in total. The lowest BCUT2D eigenvalue weighted by Gasteiger charge is -2.44. The SMILES string of the molecule is CSC1O[C@H]([C@H](NC(=O)[C@H]2NC[C@@H]3C[C@H]4C[C@H]4CO[C@H]32)[C@H](C)Cl)C(O)[C@@H](O)[C@H]1O. The van der Waals surface area contributed by atoms with E-state index in [1.165, 1.54) is 18.2 Å². The molecule has 3 saturated heterocycles. The average Bonchev–Trinajstić information content (AvgIpc) is 3.35. The van der Waals surface area contributed by atoms with Crippen molar-refractivity contribution in [1.29, 1.82) is 0 Å². The minimum atomic E-state index is -1.38. The first kappa shape index (κ1) is 22.1. The molecule has 3 aliphatic heterocycles. The number of thioether (sulfide) groups is 1. The minimum absolute atomic E-state index is 0.169. The molecule has 12 atom stereocenters. The van der Waals surface area contributed by atoms with Crippen molar-refractivity contribution in [3.63, 3.8) is 0 Å². The van der Waals surface area contributed by atoms with Crippen LogP contribution in [0.2, 0.25) is 0 Å². The predicted molar refractivity (Wildman–Crippen MR) is 109 cm³/mol. The van der Waals surface area contributed by atoms with Gasteiger partial charge < -0.3 is 35.4 Å². The van der Waals surface area contributed by atoms with E-state index in [1.54, 1.807) is 13.2 Å². The molecule has 1 saturated carbocycles. The Balaban J connectivity index is 1.44. The van der Waals surface area contributed by atoms with Crippen LogP contribution in [-0.2, 0) is 14.3 Å². The second-order valence-corrected chi connectivity index (χ2v) is 10.4. The zero-order valence-corrected chi connectivity index (χ0v) is 18.2. The number of amides is 1. The van der Waals surface area contributed by atoms with Crippen LogP contribution in [-0.4, -0.2) is 94.1 Å². The molecule has 2 unspecified atom stereocenters. The second kappa shape index (κ2) is 8.78. The van der Waals surface area contributed by atoms with Crippen molar-refractivity contribution >= 4 is 29.3 Å². The lowest BCUT2D eigenvalue weighted by Crippen LogP contribution is -2.65. The number of ether oxygens (including phenoxy) is 2. The van der Waals surface area contributed by atoms with E-state index in [-0.39, 0.29) is 12.0 Å². The van der Waals surface area contributed by atoms with Crippen LogP contribution in [0.4, 0.5) is 0 Å². The van der Waals surface area contributed by atoms with Crippen LogP contribution in [0.25, 0.3) is 0 Å². The Morgan fingerprint density at radius 2 is 1.90 bits per heavy atom. The molecule has 29 heavy (non-hydrogen) atoms. The number of nitrogens with one attached hydrogen (secondary N) is 2. The van der Waals surface area contributed by atoms with Crippen LogP contribution in [0.15, 0.2) is 0 Å². The van der Waals surface area contributed by atoms with E-state index in [4.69, 9.17) is 21.1 Å². The molecule has 1 aliphatic carbocycles. The standard InChI is InChI=1S/C19H31ClN2O6S/c1-7(20)11(17-14(24)13(23)15(25)19(28-17)29-2)22-18(26)12-16-9(5-21-12)3-8-4-10(8)6-27-16/h7-17,19,21,23-25H,3-6H2,1-2H3,(H,22,26)/t7-,8-,9-,10-,11+,12-,13+,14?,15+,16+,17+,19?/m0/s1. The lowest BCUT2D eigenvalue weighted by molar-refractivity contribution is -0.205. The molecular weight excluding hydrogens is 420 g/mol. The summed E-state index contributed by atoms with van der Waals surface area (Å²) in [6.07, 6.45) is -1.03. The van der Waals surface area contributed by atoms with Crippen LogP contribution in [0, 0.1) is 17.8 Å². The molecule has 0 aromatic carbocycles. The molecule has 1 amide bonds. The first-order chi connectivity index (χ1) is 13.8. The van der Waals surface area contributed by atoms with Crippen LogP contribution in [0.1, 0.15) is 19.8 Å². The second-order valence-electron chi connectivity index (χ2n) is 8.82. The van der Waals surface area contributed by atoms with Gasteiger partial charge in [-0.25, -0.2) is 0 Å². The van der Waals surface area contributed by atoms with E-state index < -0.39 is 47.3 Å². The van der Waals surface area contributed by atoms with Gasteiger partial charge >= 0.3 is 0 Å². The van der Waals surface area contributed by atoms with Crippen molar-refractivity contribution in [2.75, 3.05) is 19.4 Å². The van der Waals surface area contributed by atoms with Gasteiger partial charge in [0.15, 0.2) is 0 Å². The number of aliphatic hydroxyl groups is 3. The normalized spacial score (nSPS) is 48.8. The van der Waals surface area contributed by atoms with Crippen LogP contribution >= 0.6 is 23.4 Å². The fraction of sp³-hybridized carbons (Fsp3) is 0.947. The highest BCUT2D eigenvalue weighted by Gasteiger charge is 2.51. The van der Waals surface area contributed by atoms with Gasteiger partial charge in [-0.2, -0.15) is 0 Å². The average molecular weight is 451 g/mol. The van der Waals surface area contributed by atoms with Crippen molar-refractivity contribution in [3.8, 4) is 0 Å². The highest BCUT2D eigenvalue weighted by Crippen LogP contribution is 2.48. The van der Waals surface area contributed by atoms with Crippen LogP contribution < -0.4 is 10.6 Å². The fourth-order valence-corrected chi connectivity index (χ4v) is 5.86. The Bertz CT molecular complexity index is 613. The summed E-state index contributed by atoms with van der Waals surface area (Å²) < 4.78 is 11.9. The number of fused-ring (bicyclic) bond motifs is 2. The van der Waals surface area contributed by atoms with Crippen molar-refractivity contribution in [3.05, 3.63) is 0 Å². The molecule has 0 bridgehead atoms. The molecule has 10 heteroatoms. The van der Waals surface area contributed by atoms with E-state index >= 15 is 0 Å².